The van der Waals surface area contributed by atoms with Crippen molar-refractivity contribution in [3.05, 3.63) is 53.7 Å². The number of aromatic nitrogens is 1. The van der Waals surface area contributed by atoms with Crippen molar-refractivity contribution in [2.24, 2.45) is 7.05 Å². The second kappa shape index (κ2) is 8.14. The summed E-state index contributed by atoms with van der Waals surface area (Å²) >= 11 is 0. The Labute approximate surface area is 167 Å². The molecule has 0 aliphatic carbocycles. The molecule has 3 rings (SSSR count). The van der Waals surface area contributed by atoms with E-state index in [0.29, 0.717) is 33.7 Å². The number of amides is 1. The number of rotatable bonds is 7. The second-order valence-corrected chi connectivity index (χ2v) is 6.33. The van der Waals surface area contributed by atoms with Crippen LogP contribution in [-0.2, 0) is 11.8 Å². The first-order valence-electron chi connectivity index (χ1n) is 8.79. The van der Waals surface area contributed by atoms with Gasteiger partial charge in [0.1, 0.15) is 5.69 Å². The van der Waals surface area contributed by atoms with Crippen LogP contribution in [0.25, 0.3) is 10.9 Å². The van der Waals surface area contributed by atoms with E-state index in [0.717, 1.165) is 0 Å². The molecule has 0 saturated carbocycles. The molecule has 0 saturated heterocycles. The SMILES string of the molecule is COc1cc2cc(C(=O)N[C@@H](C(=O)O)c3ccccc3)n(C)c2c(OC)c1OC. The lowest BCUT2D eigenvalue weighted by atomic mass is 10.1. The second-order valence-electron chi connectivity index (χ2n) is 6.33. The molecule has 8 nitrogen and oxygen atoms in total. The molecule has 0 aliphatic rings. The number of fused-ring (bicyclic) bond motifs is 1. The van der Waals surface area contributed by atoms with E-state index < -0.39 is 17.9 Å². The molecular formula is C21H22N2O6. The highest BCUT2D eigenvalue weighted by molar-refractivity contribution is 6.02. The summed E-state index contributed by atoms with van der Waals surface area (Å²) in [6.07, 6.45) is 0. The number of hydrogen-bond acceptors (Lipinski definition) is 5. The van der Waals surface area contributed by atoms with Gasteiger partial charge in [0.2, 0.25) is 5.75 Å². The summed E-state index contributed by atoms with van der Waals surface area (Å²) in [5, 5.41) is 12.9. The van der Waals surface area contributed by atoms with Gasteiger partial charge in [-0.1, -0.05) is 30.3 Å². The van der Waals surface area contributed by atoms with Crippen molar-refractivity contribution in [3.63, 3.8) is 0 Å². The summed E-state index contributed by atoms with van der Waals surface area (Å²) < 4.78 is 17.9. The van der Waals surface area contributed by atoms with Crippen molar-refractivity contribution in [2.45, 2.75) is 6.04 Å². The number of carbonyl (C=O) groups is 2. The summed E-state index contributed by atoms with van der Waals surface area (Å²) in [4.78, 5) is 24.6. The summed E-state index contributed by atoms with van der Waals surface area (Å²) in [5.74, 6) is -0.393. The van der Waals surface area contributed by atoms with Crippen LogP contribution in [0.3, 0.4) is 0 Å². The van der Waals surface area contributed by atoms with Crippen LogP contribution in [0.5, 0.6) is 17.2 Å². The fourth-order valence-electron chi connectivity index (χ4n) is 3.34. The van der Waals surface area contributed by atoms with Crippen LogP contribution in [0.2, 0.25) is 0 Å². The number of methoxy groups -OCH3 is 3. The van der Waals surface area contributed by atoms with Gasteiger partial charge in [0, 0.05) is 12.4 Å². The number of carboxylic acid groups (broad SMARTS) is 1. The van der Waals surface area contributed by atoms with E-state index in [-0.39, 0.29) is 5.69 Å². The van der Waals surface area contributed by atoms with Crippen molar-refractivity contribution >= 4 is 22.8 Å². The fourth-order valence-corrected chi connectivity index (χ4v) is 3.34. The molecule has 1 heterocycles. The molecule has 3 aromatic rings. The summed E-state index contributed by atoms with van der Waals surface area (Å²) in [6, 6.07) is 10.7. The van der Waals surface area contributed by atoms with Crippen molar-refractivity contribution in [2.75, 3.05) is 21.3 Å². The summed E-state index contributed by atoms with van der Waals surface area (Å²) in [5.41, 5.74) is 1.38. The van der Waals surface area contributed by atoms with E-state index in [1.807, 2.05) is 0 Å². The molecule has 2 aromatic carbocycles. The Bertz CT molecular complexity index is 1060. The number of carbonyl (C=O) groups excluding carboxylic acids is 1. The zero-order chi connectivity index (χ0) is 21.1. The largest absolute Gasteiger partial charge is 0.493 e. The van der Waals surface area contributed by atoms with Crippen molar-refractivity contribution in [1.82, 2.24) is 9.88 Å². The zero-order valence-corrected chi connectivity index (χ0v) is 16.6. The minimum Gasteiger partial charge on any atom is -0.493 e. The van der Waals surface area contributed by atoms with Crippen LogP contribution in [0.15, 0.2) is 42.5 Å². The molecule has 0 unspecified atom stereocenters. The van der Waals surface area contributed by atoms with Gasteiger partial charge < -0.3 is 29.2 Å². The number of carboxylic acids is 1. The molecule has 29 heavy (non-hydrogen) atoms. The third-order valence-corrected chi connectivity index (χ3v) is 4.71. The van der Waals surface area contributed by atoms with E-state index in [1.165, 1.54) is 21.3 Å². The molecule has 1 aromatic heterocycles. The number of nitrogens with one attached hydrogen (secondary N) is 1. The normalized spacial score (nSPS) is 11.7. The van der Waals surface area contributed by atoms with Gasteiger partial charge >= 0.3 is 5.97 Å². The van der Waals surface area contributed by atoms with Crippen LogP contribution in [0.1, 0.15) is 22.1 Å². The van der Waals surface area contributed by atoms with Gasteiger partial charge in [0.25, 0.3) is 5.91 Å². The Kier molecular flexibility index (Phi) is 5.63. The van der Waals surface area contributed by atoms with Gasteiger partial charge in [0.15, 0.2) is 17.5 Å². The molecule has 1 atom stereocenters. The van der Waals surface area contributed by atoms with Gasteiger partial charge in [-0.05, 0) is 17.7 Å². The zero-order valence-electron chi connectivity index (χ0n) is 16.6. The average molecular weight is 398 g/mol. The molecule has 0 fully saturated rings. The smallest absolute Gasteiger partial charge is 0.330 e. The molecule has 2 N–H and O–H groups in total. The molecule has 0 aliphatic heterocycles. The van der Waals surface area contributed by atoms with Gasteiger partial charge in [-0.15, -0.1) is 0 Å². The summed E-state index contributed by atoms with van der Waals surface area (Å²) in [6.45, 7) is 0. The van der Waals surface area contributed by atoms with Gasteiger partial charge in [-0.3, -0.25) is 4.79 Å². The fraction of sp³-hybridized carbons (Fsp3) is 0.238. The molecular weight excluding hydrogens is 376 g/mol. The van der Waals surface area contributed by atoms with Crippen molar-refractivity contribution in [1.29, 1.82) is 0 Å². The maximum atomic E-state index is 12.9. The first-order chi connectivity index (χ1) is 13.9. The van der Waals surface area contributed by atoms with E-state index >= 15 is 0 Å². The minimum atomic E-state index is -1.17. The lowest BCUT2D eigenvalue weighted by Gasteiger charge is -2.16. The van der Waals surface area contributed by atoms with Gasteiger partial charge in [0.05, 0.1) is 26.8 Å². The first-order valence-corrected chi connectivity index (χ1v) is 8.79. The van der Waals surface area contributed by atoms with Gasteiger partial charge in [-0.25, -0.2) is 4.79 Å². The molecule has 8 heteroatoms. The van der Waals surface area contributed by atoms with E-state index in [1.54, 1.807) is 54.1 Å². The minimum absolute atomic E-state index is 0.274. The maximum Gasteiger partial charge on any atom is 0.330 e. The molecule has 152 valence electrons. The highest BCUT2D eigenvalue weighted by Gasteiger charge is 2.26. The lowest BCUT2D eigenvalue weighted by Crippen LogP contribution is -2.34. The van der Waals surface area contributed by atoms with E-state index in [4.69, 9.17) is 14.2 Å². The van der Waals surface area contributed by atoms with E-state index in [2.05, 4.69) is 5.32 Å². The number of nitrogens with zero attached hydrogens (tertiary/aromatic N) is 1. The molecule has 0 radical (unpaired) electrons. The quantitative estimate of drug-likeness (QED) is 0.635. The van der Waals surface area contributed by atoms with Crippen LogP contribution >= 0.6 is 0 Å². The Morgan fingerprint density at radius 1 is 1.00 bits per heavy atom. The molecule has 0 spiro atoms. The first kappa shape index (κ1) is 20.1. The van der Waals surface area contributed by atoms with Crippen molar-refractivity contribution < 1.29 is 28.9 Å². The Balaban J connectivity index is 2.06. The van der Waals surface area contributed by atoms with Crippen LogP contribution in [0.4, 0.5) is 0 Å². The number of ether oxygens (including phenoxy) is 3. The third kappa shape index (κ3) is 3.56. The standard InChI is InChI=1S/C21H22N2O6/c1-23-14(20(24)22-16(21(25)26)12-8-6-5-7-9-12)10-13-11-15(27-2)18(28-3)19(29-4)17(13)23/h5-11,16H,1-4H3,(H,22,24)(H,25,26)/t16-/m1/s1. The number of aryl methyl sites for hydroxylation is 1. The van der Waals surface area contributed by atoms with Crippen LogP contribution in [-0.4, -0.2) is 42.9 Å². The predicted octanol–water partition coefficient (Wildman–Crippen LogP) is 2.76. The molecule has 0 bridgehead atoms. The van der Waals surface area contributed by atoms with Crippen LogP contribution in [0, 0.1) is 0 Å². The third-order valence-electron chi connectivity index (χ3n) is 4.71. The molecule has 1 amide bonds. The highest BCUT2D eigenvalue weighted by atomic mass is 16.5. The van der Waals surface area contributed by atoms with E-state index in [9.17, 15) is 14.7 Å². The predicted molar refractivity (Wildman–Crippen MR) is 107 cm³/mol. The maximum absolute atomic E-state index is 12.9. The monoisotopic (exact) mass is 398 g/mol. The average Bonchev–Trinajstić information content (AvgIpc) is 3.06. The van der Waals surface area contributed by atoms with Crippen molar-refractivity contribution in [3.8, 4) is 17.2 Å². The summed E-state index contributed by atoms with van der Waals surface area (Å²) in [7, 11) is 6.21. The van der Waals surface area contributed by atoms with Gasteiger partial charge in [-0.2, -0.15) is 0 Å². The number of hydrogen-bond donors (Lipinski definition) is 2. The lowest BCUT2D eigenvalue weighted by molar-refractivity contribution is -0.139. The Hall–Kier alpha value is -3.68. The Morgan fingerprint density at radius 2 is 1.66 bits per heavy atom. The highest BCUT2D eigenvalue weighted by Crippen LogP contribution is 2.44. The topological polar surface area (TPSA) is 99.0 Å². The Morgan fingerprint density at radius 3 is 2.21 bits per heavy atom. The number of benzene rings is 2. The van der Waals surface area contributed by atoms with Crippen LogP contribution < -0.4 is 19.5 Å². The number of aliphatic carboxylic acids is 1.